The Labute approximate surface area is 137 Å². The Bertz CT molecular complexity index is 550. The van der Waals surface area contributed by atoms with E-state index in [1.165, 1.54) is 5.56 Å². The lowest BCUT2D eigenvalue weighted by Gasteiger charge is -2.18. The molecule has 2 nitrogen and oxygen atoms in total. The van der Waals surface area contributed by atoms with Crippen LogP contribution in [0.5, 0.6) is 0 Å². The smallest absolute Gasteiger partial charge is 0.273 e. The molecule has 2 unspecified atom stereocenters. The molecule has 0 N–H and O–H groups in total. The lowest BCUT2D eigenvalue weighted by atomic mass is 9.97. The number of rotatable bonds is 5. The Kier molecular flexibility index (Phi) is 7.23. The normalized spacial score (nSPS) is 12.7. The molecule has 0 saturated carbocycles. The minimum absolute atomic E-state index is 0. The third-order valence-electron chi connectivity index (χ3n) is 3.06. The van der Waals surface area contributed by atoms with Crippen LogP contribution in [0.2, 0.25) is 0 Å². The molecule has 0 saturated heterocycles. The fraction of sp³-hybridized carbons (Fsp3) is 0.176. The van der Waals surface area contributed by atoms with Crippen molar-refractivity contribution in [2.24, 2.45) is 0 Å². The summed E-state index contributed by atoms with van der Waals surface area (Å²) in [5.74, 6) is 0.0797. The minimum Gasteiger partial charge on any atom is -1.00 e. The zero-order valence-corrected chi connectivity index (χ0v) is 13.6. The first kappa shape index (κ1) is 16.6. The molecule has 2 aromatic rings. The van der Waals surface area contributed by atoms with Gasteiger partial charge in [-0.05, 0) is 11.6 Å². The quantitative estimate of drug-likeness (QED) is 0.413. The number of ether oxygens (including phenoxy) is 1. The highest BCUT2D eigenvalue weighted by molar-refractivity contribution is 5.23. The second-order valence-corrected chi connectivity index (χ2v) is 4.26. The van der Waals surface area contributed by atoms with E-state index in [-0.39, 0.29) is 36.1 Å². The van der Waals surface area contributed by atoms with Gasteiger partial charge >= 0.3 is 0 Å². The van der Waals surface area contributed by atoms with Crippen molar-refractivity contribution in [1.29, 1.82) is 0 Å². The topological polar surface area (TPSA) is 13.1 Å². The van der Waals surface area contributed by atoms with E-state index >= 15 is 0 Å². The van der Waals surface area contributed by atoms with Crippen LogP contribution in [-0.2, 0) is 4.74 Å². The van der Waals surface area contributed by atoms with E-state index < -0.39 is 0 Å². The van der Waals surface area contributed by atoms with Crippen molar-refractivity contribution in [3.63, 3.8) is 0 Å². The van der Waals surface area contributed by atoms with Crippen LogP contribution in [0.4, 0.5) is 0 Å². The summed E-state index contributed by atoms with van der Waals surface area (Å²) < 4.78 is 7.72. The molecule has 1 aromatic carbocycles. The van der Waals surface area contributed by atoms with E-state index in [1.54, 1.807) is 7.11 Å². The number of pyridine rings is 1. The van der Waals surface area contributed by atoms with Gasteiger partial charge in [-0.25, -0.2) is 0 Å². The number of aromatic nitrogens is 1. The van der Waals surface area contributed by atoms with Crippen molar-refractivity contribution < 1.29 is 33.3 Å². The van der Waals surface area contributed by atoms with Gasteiger partial charge in [0.25, 0.3) is 6.23 Å². The molecule has 3 heteroatoms. The lowest BCUT2D eigenvalue weighted by molar-refractivity contribution is -0.763. The van der Waals surface area contributed by atoms with Crippen LogP contribution in [0.3, 0.4) is 0 Å². The van der Waals surface area contributed by atoms with Crippen molar-refractivity contribution in [1.82, 2.24) is 0 Å². The molecule has 20 heavy (non-hydrogen) atoms. The zero-order valence-electron chi connectivity index (χ0n) is 11.4. The Balaban J connectivity index is 0.00000200. The maximum absolute atomic E-state index is 5.67. The van der Waals surface area contributed by atoms with Crippen LogP contribution in [0.1, 0.15) is 17.7 Å². The van der Waals surface area contributed by atoms with Crippen LogP contribution in [0.15, 0.2) is 79.3 Å². The van der Waals surface area contributed by atoms with Gasteiger partial charge in [-0.1, -0.05) is 43.0 Å². The first-order valence-corrected chi connectivity index (χ1v) is 6.26. The summed E-state index contributed by atoms with van der Waals surface area (Å²) in [6.45, 7) is 3.69. The highest BCUT2D eigenvalue weighted by atomic mass is 127. The molecule has 0 aliphatic heterocycles. The van der Waals surface area contributed by atoms with Gasteiger partial charge in [0, 0.05) is 19.2 Å². The summed E-state index contributed by atoms with van der Waals surface area (Å²) in [5, 5.41) is 0. The molecule has 2 rings (SSSR count). The lowest BCUT2D eigenvalue weighted by Crippen LogP contribution is -3.00. The summed E-state index contributed by atoms with van der Waals surface area (Å²) in [6.07, 6.45) is 5.84. The number of nitrogens with zero attached hydrogens (tertiary/aromatic N) is 1. The van der Waals surface area contributed by atoms with Gasteiger partial charge in [0.1, 0.15) is 0 Å². The SMILES string of the molecule is C=C=CC(c1ccccc1)C(OC)[n+]1ccccc1.[I-]. The van der Waals surface area contributed by atoms with E-state index in [0.29, 0.717) is 0 Å². The standard InChI is InChI=1S/C17H18NO.HI/c1-3-10-16(15-11-6-4-7-12-15)17(19-2)18-13-8-5-9-14-18;/h4-14,16-17H,1H2,2H3;1H/q+1;/p-1. The molecule has 2 atom stereocenters. The van der Waals surface area contributed by atoms with Crippen LogP contribution in [0.25, 0.3) is 0 Å². The van der Waals surface area contributed by atoms with Gasteiger partial charge in [0.15, 0.2) is 12.4 Å². The van der Waals surface area contributed by atoms with Crippen molar-refractivity contribution in [3.05, 3.63) is 84.9 Å². The maximum Gasteiger partial charge on any atom is 0.273 e. The average molecular weight is 379 g/mol. The molecular formula is C17H18INO. The fourth-order valence-electron chi connectivity index (χ4n) is 2.18. The molecule has 0 bridgehead atoms. The molecule has 1 aromatic heterocycles. The summed E-state index contributed by atoms with van der Waals surface area (Å²) in [5.41, 5.74) is 4.06. The van der Waals surface area contributed by atoms with Crippen molar-refractivity contribution in [2.75, 3.05) is 7.11 Å². The third kappa shape index (κ3) is 4.04. The monoisotopic (exact) mass is 379 g/mol. The summed E-state index contributed by atoms with van der Waals surface area (Å²) in [7, 11) is 1.72. The van der Waals surface area contributed by atoms with Crippen LogP contribution < -0.4 is 28.5 Å². The van der Waals surface area contributed by atoms with Crippen molar-refractivity contribution >= 4 is 0 Å². The highest BCUT2D eigenvalue weighted by Crippen LogP contribution is 2.26. The molecule has 0 aliphatic carbocycles. The molecule has 0 fully saturated rings. The predicted molar refractivity (Wildman–Crippen MR) is 75.6 cm³/mol. The van der Waals surface area contributed by atoms with Crippen molar-refractivity contribution in [2.45, 2.75) is 12.1 Å². The average Bonchev–Trinajstić information content (AvgIpc) is 2.49. The largest absolute Gasteiger partial charge is 1.00 e. The number of hydrogen-bond donors (Lipinski definition) is 0. The van der Waals surface area contributed by atoms with Gasteiger partial charge in [0.05, 0.1) is 5.92 Å². The first-order valence-electron chi connectivity index (χ1n) is 6.26. The second kappa shape index (κ2) is 8.69. The Morgan fingerprint density at radius 1 is 1.10 bits per heavy atom. The van der Waals surface area contributed by atoms with E-state index in [9.17, 15) is 0 Å². The van der Waals surface area contributed by atoms with E-state index in [1.807, 2.05) is 59.4 Å². The number of hydrogen-bond acceptors (Lipinski definition) is 1. The molecule has 0 radical (unpaired) electrons. The molecule has 104 valence electrons. The van der Waals surface area contributed by atoms with Crippen molar-refractivity contribution in [3.8, 4) is 0 Å². The van der Waals surface area contributed by atoms with E-state index in [0.717, 1.165) is 0 Å². The molecule has 1 heterocycles. The second-order valence-electron chi connectivity index (χ2n) is 4.26. The van der Waals surface area contributed by atoms with E-state index in [2.05, 4.69) is 24.4 Å². The Morgan fingerprint density at radius 3 is 2.25 bits per heavy atom. The van der Waals surface area contributed by atoms with Crippen LogP contribution in [-0.4, -0.2) is 7.11 Å². The summed E-state index contributed by atoms with van der Waals surface area (Å²) in [4.78, 5) is 0. The molecular weight excluding hydrogens is 361 g/mol. The van der Waals surface area contributed by atoms with Gasteiger partial charge in [-0.15, -0.1) is 5.73 Å². The summed E-state index contributed by atoms with van der Waals surface area (Å²) in [6, 6.07) is 16.2. The Morgan fingerprint density at radius 2 is 1.70 bits per heavy atom. The predicted octanol–water partition coefficient (Wildman–Crippen LogP) is 0.248. The van der Waals surface area contributed by atoms with Crippen LogP contribution >= 0.6 is 0 Å². The van der Waals surface area contributed by atoms with Crippen LogP contribution in [0, 0.1) is 0 Å². The molecule has 0 amide bonds. The zero-order chi connectivity index (χ0) is 13.5. The fourth-order valence-corrected chi connectivity index (χ4v) is 2.18. The highest BCUT2D eigenvalue weighted by Gasteiger charge is 2.28. The van der Waals surface area contributed by atoms with E-state index in [4.69, 9.17) is 4.74 Å². The third-order valence-corrected chi connectivity index (χ3v) is 3.06. The first-order chi connectivity index (χ1) is 9.36. The number of halogens is 1. The van der Waals surface area contributed by atoms with Gasteiger partial charge in [-0.3, -0.25) is 0 Å². The molecule has 0 aliphatic rings. The number of benzene rings is 1. The van der Waals surface area contributed by atoms with Gasteiger partial charge in [-0.2, -0.15) is 4.57 Å². The van der Waals surface area contributed by atoms with Gasteiger partial charge < -0.3 is 28.7 Å². The Hall–Kier alpha value is -1.42. The number of methoxy groups -OCH3 is 1. The van der Waals surface area contributed by atoms with Gasteiger partial charge in [0.2, 0.25) is 0 Å². The minimum atomic E-state index is -0.113. The summed E-state index contributed by atoms with van der Waals surface area (Å²) >= 11 is 0. The maximum atomic E-state index is 5.67. The molecule has 0 spiro atoms.